The highest BCUT2D eigenvalue weighted by Gasteiger charge is 2.50. The van der Waals surface area contributed by atoms with Crippen LogP contribution in [0.15, 0.2) is 16.8 Å². The number of rotatable bonds is 3. The Morgan fingerprint density at radius 2 is 2.35 bits per heavy atom. The molecule has 2 unspecified atom stereocenters. The minimum atomic E-state index is -0.426. The van der Waals surface area contributed by atoms with E-state index in [0.717, 1.165) is 12.3 Å². The number of hydrogen-bond acceptors (Lipinski definition) is 3. The van der Waals surface area contributed by atoms with Gasteiger partial charge < -0.3 is 5.32 Å². The number of hydrogen-bond donors (Lipinski definition) is 2. The number of carbonyl (C=O) groups excluding carboxylic acids is 2. The van der Waals surface area contributed by atoms with Crippen molar-refractivity contribution in [1.82, 2.24) is 10.7 Å². The number of hydrazone groups is 1. The molecule has 0 aromatic heterocycles. The van der Waals surface area contributed by atoms with Crippen LogP contribution in [0.25, 0.3) is 0 Å². The number of nitrogens with zero attached hydrogens (tertiary/aromatic N) is 1. The molecule has 0 radical (unpaired) electrons. The van der Waals surface area contributed by atoms with Crippen molar-refractivity contribution in [3.63, 3.8) is 0 Å². The maximum atomic E-state index is 11.8. The monoisotopic (exact) mass is 275 g/mol. The molecule has 0 aromatic rings. The summed E-state index contributed by atoms with van der Waals surface area (Å²) in [6.45, 7) is 4.61. The van der Waals surface area contributed by atoms with Gasteiger partial charge in [-0.3, -0.25) is 9.59 Å². The Balaban J connectivity index is 1.55. The third kappa shape index (κ3) is 2.15. The van der Waals surface area contributed by atoms with Gasteiger partial charge in [-0.2, -0.15) is 5.10 Å². The van der Waals surface area contributed by atoms with Crippen LogP contribution in [0.5, 0.6) is 0 Å². The van der Waals surface area contributed by atoms with E-state index in [1.54, 1.807) is 6.21 Å². The summed E-state index contributed by atoms with van der Waals surface area (Å²) in [5, 5.41) is 6.69. The summed E-state index contributed by atoms with van der Waals surface area (Å²) in [4.78, 5) is 22.9. The second-order valence-corrected chi connectivity index (χ2v) is 6.64. The van der Waals surface area contributed by atoms with E-state index in [9.17, 15) is 9.59 Å². The predicted molar refractivity (Wildman–Crippen MR) is 75.9 cm³/mol. The molecule has 5 heteroatoms. The van der Waals surface area contributed by atoms with Crippen LogP contribution < -0.4 is 10.7 Å². The molecule has 108 valence electrons. The summed E-state index contributed by atoms with van der Waals surface area (Å²) >= 11 is 0. The molecule has 1 saturated heterocycles. The minimum Gasteiger partial charge on any atom is -0.344 e. The van der Waals surface area contributed by atoms with Crippen LogP contribution in [0, 0.1) is 17.3 Å². The van der Waals surface area contributed by atoms with Crippen LogP contribution in [-0.4, -0.2) is 24.1 Å². The van der Waals surface area contributed by atoms with Gasteiger partial charge in [-0.15, -0.1) is 0 Å². The minimum absolute atomic E-state index is 0.0635. The van der Waals surface area contributed by atoms with E-state index in [1.807, 2.05) is 0 Å². The first-order valence-electron chi connectivity index (χ1n) is 7.31. The van der Waals surface area contributed by atoms with E-state index in [-0.39, 0.29) is 11.8 Å². The van der Waals surface area contributed by atoms with Gasteiger partial charge in [0.2, 0.25) is 5.91 Å². The van der Waals surface area contributed by atoms with Gasteiger partial charge >= 0.3 is 0 Å². The zero-order valence-corrected chi connectivity index (χ0v) is 12.0. The SMILES string of the molecule is CC1(C)C2CC=C(/C=N/NC(=O)[C@@H]3CCC(=O)N3)C1C2. The highest BCUT2D eigenvalue weighted by atomic mass is 16.2. The van der Waals surface area contributed by atoms with Crippen LogP contribution in [0.3, 0.4) is 0 Å². The summed E-state index contributed by atoms with van der Waals surface area (Å²) < 4.78 is 0. The second-order valence-electron chi connectivity index (χ2n) is 6.64. The lowest BCUT2D eigenvalue weighted by Gasteiger charge is -2.55. The summed E-state index contributed by atoms with van der Waals surface area (Å²) in [6, 6.07) is -0.426. The van der Waals surface area contributed by atoms with Crippen molar-refractivity contribution < 1.29 is 9.59 Å². The predicted octanol–water partition coefficient (Wildman–Crippen LogP) is 1.36. The lowest BCUT2D eigenvalue weighted by Crippen LogP contribution is -2.48. The molecule has 4 aliphatic rings. The standard InChI is InChI=1S/C15H21N3O2/c1-15(2)10-4-3-9(11(15)7-10)8-16-18-14(20)12-5-6-13(19)17-12/h3,8,10-12H,4-7H2,1-2H3,(H,17,19)(H,18,20)/b16-8+/t10?,11?,12-/m0/s1. The van der Waals surface area contributed by atoms with Crippen molar-refractivity contribution in [1.29, 1.82) is 0 Å². The molecule has 0 spiro atoms. The van der Waals surface area contributed by atoms with Crippen molar-refractivity contribution in [2.45, 2.75) is 45.6 Å². The molecule has 4 rings (SSSR count). The van der Waals surface area contributed by atoms with E-state index in [4.69, 9.17) is 0 Å². The first-order chi connectivity index (χ1) is 9.48. The Morgan fingerprint density at radius 1 is 1.55 bits per heavy atom. The van der Waals surface area contributed by atoms with Crippen molar-refractivity contribution in [3.8, 4) is 0 Å². The summed E-state index contributed by atoms with van der Waals surface area (Å²) in [5.74, 6) is 1.07. The number of carbonyl (C=O) groups is 2. The fraction of sp³-hybridized carbons (Fsp3) is 0.667. The Morgan fingerprint density at radius 3 is 2.95 bits per heavy atom. The molecule has 2 N–H and O–H groups in total. The molecule has 2 amide bonds. The van der Waals surface area contributed by atoms with Crippen molar-refractivity contribution in [3.05, 3.63) is 11.6 Å². The molecule has 1 aliphatic heterocycles. The molecular formula is C15H21N3O2. The number of fused-ring (bicyclic) bond motifs is 1. The van der Waals surface area contributed by atoms with E-state index < -0.39 is 6.04 Å². The van der Waals surface area contributed by atoms with E-state index in [2.05, 4.69) is 35.8 Å². The number of allylic oxidation sites excluding steroid dienone is 2. The zero-order valence-electron chi connectivity index (χ0n) is 12.0. The van der Waals surface area contributed by atoms with Gasteiger partial charge in [0.15, 0.2) is 0 Å². The van der Waals surface area contributed by atoms with Crippen molar-refractivity contribution >= 4 is 18.0 Å². The third-order valence-corrected chi connectivity index (χ3v) is 5.21. The maximum absolute atomic E-state index is 11.8. The summed E-state index contributed by atoms with van der Waals surface area (Å²) in [6.07, 6.45) is 7.33. The molecular weight excluding hydrogens is 254 g/mol. The van der Waals surface area contributed by atoms with Gasteiger partial charge in [-0.25, -0.2) is 5.43 Å². The fourth-order valence-electron chi connectivity index (χ4n) is 3.60. The van der Waals surface area contributed by atoms with E-state index in [0.29, 0.717) is 24.2 Å². The Hall–Kier alpha value is -1.65. The average molecular weight is 275 g/mol. The van der Waals surface area contributed by atoms with Crippen molar-refractivity contribution in [2.24, 2.45) is 22.4 Å². The van der Waals surface area contributed by atoms with Crippen LogP contribution in [0.4, 0.5) is 0 Å². The van der Waals surface area contributed by atoms with Gasteiger partial charge in [0, 0.05) is 6.42 Å². The third-order valence-electron chi connectivity index (χ3n) is 5.21. The highest BCUT2D eigenvalue weighted by molar-refractivity contribution is 5.91. The molecule has 1 heterocycles. The van der Waals surface area contributed by atoms with Gasteiger partial charge in [-0.1, -0.05) is 19.9 Å². The zero-order chi connectivity index (χ0) is 14.3. The Labute approximate surface area is 118 Å². The second kappa shape index (κ2) is 4.72. The largest absolute Gasteiger partial charge is 0.344 e. The summed E-state index contributed by atoms with van der Waals surface area (Å²) in [7, 11) is 0. The van der Waals surface area contributed by atoms with Crippen LogP contribution in [0.1, 0.15) is 39.5 Å². The molecule has 5 nitrogen and oxygen atoms in total. The Bertz CT molecular complexity index is 507. The molecule has 3 atom stereocenters. The molecule has 0 aromatic carbocycles. The molecule has 1 saturated carbocycles. The van der Waals surface area contributed by atoms with Gasteiger partial charge in [0.1, 0.15) is 6.04 Å². The molecule has 2 bridgehead atoms. The van der Waals surface area contributed by atoms with Crippen LogP contribution in [-0.2, 0) is 9.59 Å². The van der Waals surface area contributed by atoms with E-state index in [1.165, 1.54) is 12.0 Å². The summed E-state index contributed by atoms with van der Waals surface area (Å²) in [5.41, 5.74) is 4.12. The number of nitrogens with one attached hydrogen (secondary N) is 2. The molecule has 20 heavy (non-hydrogen) atoms. The molecule has 3 aliphatic carbocycles. The molecule has 2 fully saturated rings. The number of amides is 2. The lowest BCUT2D eigenvalue weighted by molar-refractivity contribution is -0.125. The normalized spacial score (nSPS) is 34.4. The van der Waals surface area contributed by atoms with Gasteiger partial charge in [0.25, 0.3) is 5.91 Å². The first kappa shape index (κ1) is 13.3. The topological polar surface area (TPSA) is 70.6 Å². The highest BCUT2D eigenvalue weighted by Crippen LogP contribution is 2.58. The van der Waals surface area contributed by atoms with E-state index >= 15 is 0 Å². The fourth-order valence-corrected chi connectivity index (χ4v) is 3.60. The Kier molecular flexibility index (Phi) is 3.15. The smallest absolute Gasteiger partial charge is 0.262 e. The first-order valence-corrected chi connectivity index (χ1v) is 7.31. The van der Waals surface area contributed by atoms with Crippen LogP contribution in [0.2, 0.25) is 0 Å². The van der Waals surface area contributed by atoms with Gasteiger partial charge in [-0.05, 0) is 42.1 Å². The quantitative estimate of drug-likeness (QED) is 0.603. The average Bonchev–Trinajstić information content (AvgIpc) is 2.85. The maximum Gasteiger partial charge on any atom is 0.262 e. The van der Waals surface area contributed by atoms with Crippen molar-refractivity contribution in [2.75, 3.05) is 0 Å². The van der Waals surface area contributed by atoms with Crippen LogP contribution >= 0.6 is 0 Å². The lowest BCUT2D eigenvalue weighted by atomic mass is 9.49. The van der Waals surface area contributed by atoms with Gasteiger partial charge in [0.05, 0.1) is 6.21 Å².